The van der Waals surface area contributed by atoms with Crippen LogP contribution in [0.1, 0.15) is 23.6 Å². The van der Waals surface area contributed by atoms with Crippen molar-refractivity contribution in [2.24, 2.45) is 0 Å². The second-order valence-electron chi connectivity index (χ2n) is 6.25. The second kappa shape index (κ2) is 7.04. The largest absolute Gasteiger partial charge is 0.496 e. The number of amides is 2. The molecule has 1 aliphatic rings. The normalized spacial score (nSPS) is 14.2. The Bertz CT molecular complexity index is 915. The summed E-state index contributed by atoms with van der Waals surface area (Å²) >= 11 is 0. The van der Waals surface area contributed by atoms with Crippen molar-refractivity contribution in [1.82, 2.24) is 4.90 Å². The van der Waals surface area contributed by atoms with Gasteiger partial charge in [-0.15, -0.1) is 0 Å². The summed E-state index contributed by atoms with van der Waals surface area (Å²) in [5.74, 6) is -0.0732. The smallest absolute Gasteiger partial charge is 0.278 e. The van der Waals surface area contributed by atoms with Gasteiger partial charge in [0, 0.05) is 17.8 Å². The average Bonchev–Trinajstić information content (AvgIpc) is 2.87. The Hall–Kier alpha value is -3.08. The number of anilines is 1. The topological polar surface area (TPSA) is 58.6 Å². The van der Waals surface area contributed by atoms with Crippen LogP contribution in [0.2, 0.25) is 0 Å². The van der Waals surface area contributed by atoms with Gasteiger partial charge in [-0.2, -0.15) is 0 Å². The molecule has 0 saturated heterocycles. The Morgan fingerprint density at radius 1 is 1.04 bits per heavy atom. The molecule has 134 valence electrons. The van der Waals surface area contributed by atoms with Crippen molar-refractivity contribution in [3.63, 3.8) is 0 Å². The number of imide groups is 1. The van der Waals surface area contributed by atoms with E-state index in [1.165, 1.54) is 4.90 Å². The molecule has 0 radical (unpaired) electrons. The molecule has 0 fully saturated rings. The van der Waals surface area contributed by atoms with Crippen molar-refractivity contribution in [3.8, 4) is 5.75 Å². The summed E-state index contributed by atoms with van der Waals surface area (Å²) in [7, 11) is 1.55. The summed E-state index contributed by atoms with van der Waals surface area (Å²) in [6.45, 7) is 6.05. The van der Waals surface area contributed by atoms with Crippen LogP contribution in [0.15, 0.2) is 48.2 Å². The first-order chi connectivity index (χ1) is 12.5. The Morgan fingerprint density at radius 2 is 1.77 bits per heavy atom. The van der Waals surface area contributed by atoms with Crippen LogP contribution in [-0.2, 0) is 9.59 Å². The monoisotopic (exact) mass is 350 g/mol. The third kappa shape index (κ3) is 2.96. The number of para-hydroxylation sites is 1. The number of carbonyl (C=O) groups excluding carboxylic acids is 2. The van der Waals surface area contributed by atoms with E-state index in [4.69, 9.17) is 4.74 Å². The number of methoxy groups -OCH3 is 1. The molecule has 1 N–H and O–H groups in total. The zero-order valence-electron chi connectivity index (χ0n) is 15.4. The maximum atomic E-state index is 12.9. The highest BCUT2D eigenvalue weighted by Crippen LogP contribution is 2.35. The summed E-state index contributed by atoms with van der Waals surface area (Å²) < 4.78 is 5.41. The fourth-order valence-electron chi connectivity index (χ4n) is 3.09. The van der Waals surface area contributed by atoms with Crippen molar-refractivity contribution < 1.29 is 14.3 Å². The lowest BCUT2D eigenvalue weighted by molar-refractivity contribution is -0.136. The van der Waals surface area contributed by atoms with Gasteiger partial charge >= 0.3 is 0 Å². The Balaban J connectivity index is 2.18. The number of nitrogens with one attached hydrogen (secondary N) is 1. The highest BCUT2D eigenvalue weighted by Gasteiger charge is 2.39. The molecule has 2 amide bonds. The molecule has 26 heavy (non-hydrogen) atoms. The number of hydrogen-bond donors (Lipinski definition) is 1. The second-order valence-corrected chi connectivity index (χ2v) is 6.25. The number of hydrogen-bond acceptors (Lipinski definition) is 4. The molecule has 0 bridgehead atoms. The summed E-state index contributed by atoms with van der Waals surface area (Å²) in [5, 5.41) is 3.21. The molecule has 0 unspecified atom stereocenters. The van der Waals surface area contributed by atoms with Crippen LogP contribution in [0.25, 0.3) is 5.57 Å². The van der Waals surface area contributed by atoms with Crippen LogP contribution < -0.4 is 10.1 Å². The van der Waals surface area contributed by atoms with Gasteiger partial charge in [0.25, 0.3) is 11.8 Å². The van der Waals surface area contributed by atoms with E-state index in [0.717, 1.165) is 16.8 Å². The van der Waals surface area contributed by atoms with E-state index in [0.29, 0.717) is 23.4 Å². The van der Waals surface area contributed by atoms with Gasteiger partial charge in [0.15, 0.2) is 0 Å². The number of aryl methyl sites for hydroxylation is 2. The van der Waals surface area contributed by atoms with Crippen molar-refractivity contribution in [1.29, 1.82) is 0 Å². The van der Waals surface area contributed by atoms with Crippen LogP contribution in [0.4, 0.5) is 5.69 Å². The molecule has 5 heteroatoms. The van der Waals surface area contributed by atoms with Crippen molar-refractivity contribution >= 4 is 23.1 Å². The SMILES string of the molecule is CCN1C(=O)C(Nc2cc(C)ccc2C)=C(c2ccccc2OC)C1=O. The minimum absolute atomic E-state index is 0.287. The fourth-order valence-corrected chi connectivity index (χ4v) is 3.09. The molecule has 1 aliphatic heterocycles. The van der Waals surface area contributed by atoms with Crippen LogP contribution >= 0.6 is 0 Å². The average molecular weight is 350 g/mol. The van der Waals surface area contributed by atoms with E-state index in [-0.39, 0.29) is 17.5 Å². The maximum absolute atomic E-state index is 12.9. The van der Waals surface area contributed by atoms with Crippen molar-refractivity contribution in [3.05, 3.63) is 64.9 Å². The third-order valence-corrected chi connectivity index (χ3v) is 4.51. The van der Waals surface area contributed by atoms with Gasteiger partial charge in [-0.25, -0.2) is 0 Å². The number of nitrogens with zero attached hydrogens (tertiary/aromatic N) is 1. The molecule has 0 atom stereocenters. The molecule has 0 aromatic heterocycles. The Kier molecular flexibility index (Phi) is 4.80. The first kappa shape index (κ1) is 17.7. The predicted octanol–water partition coefficient (Wildman–Crippen LogP) is 3.52. The lowest BCUT2D eigenvalue weighted by Gasteiger charge is -2.13. The van der Waals surface area contributed by atoms with Crippen LogP contribution in [-0.4, -0.2) is 30.4 Å². The molecule has 2 aromatic rings. The highest BCUT2D eigenvalue weighted by atomic mass is 16.5. The van der Waals surface area contributed by atoms with E-state index in [1.807, 2.05) is 44.2 Å². The fraction of sp³-hybridized carbons (Fsp3) is 0.238. The molecule has 5 nitrogen and oxygen atoms in total. The molecule has 2 aromatic carbocycles. The van der Waals surface area contributed by atoms with E-state index in [9.17, 15) is 9.59 Å². The van der Waals surface area contributed by atoms with Gasteiger partial charge in [-0.05, 0) is 44.0 Å². The molecule has 3 rings (SSSR count). The van der Waals surface area contributed by atoms with Crippen LogP contribution in [0, 0.1) is 13.8 Å². The molecule has 0 spiro atoms. The molecular weight excluding hydrogens is 328 g/mol. The number of benzene rings is 2. The lowest BCUT2D eigenvalue weighted by atomic mass is 10.0. The number of rotatable bonds is 5. The lowest BCUT2D eigenvalue weighted by Crippen LogP contribution is -2.32. The summed E-state index contributed by atoms with van der Waals surface area (Å²) in [5.41, 5.74) is 4.12. The number of likely N-dealkylation sites (N-methyl/N-ethyl adjacent to an activating group) is 1. The Morgan fingerprint density at radius 3 is 2.46 bits per heavy atom. The van der Waals surface area contributed by atoms with Gasteiger partial charge in [0.05, 0.1) is 12.7 Å². The summed E-state index contributed by atoms with van der Waals surface area (Å²) in [4.78, 5) is 27.0. The van der Waals surface area contributed by atoms with Crippen molar-refractivity contribution in [2.75, 3.05) is 19.0 Å². The van der Waals surface area contributed by atoms with E-state index >= 15 is 0 Å². The molecule has 0 aliphatic carbocycles. The number of carbonyl (C=O) groups is 2. The van der Waals surface area contributed by atoms with Crippen LogP contribution in [0.3, 0.4) is 0 Å². The van der Waals surface area contributed by atoms with Gasteiger partial charge < -0.3 is 10.1 Å². The zero-order chi connectivity index (χ0) is 18.8. The Labute approximate surface area is 153 Å². The predicted molar refractivity (Wildman–Crippen MR) is 102 cm³/mol. The minimum Gasteiger partial charge on any atom is -0.496 e. The quantitative estimate of drug-likeness (QED) is 0.838. The van der Waals surface area contributed by atoms with E-state index in [2.05, 4.69) is 5.32 Å². The zero-order valence-corrected chi connectivity index (χ0v) is 15.4. The van der Waals surface area contributed by atoms with Gasteiger partial charge in [-0.1, -0.05) is 30.3 Å². The van der Waals surface area contributed by atoms with Crippen LogP contribution in [0.5, 0.6) is 5.75 Å². The highest BCUT2D eigenvalue weighted by molar-refractivity contribution is 6.37. The van der Waals surface area contributed by atoms with Crippen molar-refractivity contribution in [2.45, 2.75) is 20.8 Å². The van der Waals surface area contributed by atoms with Gasteiger partial charge in [-0.3, -0.25) is 14.5 Å². The standard InChI is InChI=1S/C21H22N2O3/c1-5-23-20(24)18(15-8-6-7-9-17(15)26-4)19(21(23)25)22-16-12-13(2)10-11-14(16)3/h6-12,22H,5H2,1-4H3. The molecule has 1 heterocycles. The third-order valence-electron chi connectivity index (χ3n) is 4.51. The molecular formula is C21H22N2O3. The molecule has 0 saturated carbocycles. The maximum Gasteiger partial charge on any atom is 0.278 e. The van der Waals surface area contributed by atoms with E-state index in [1.54, 1.807) is 26.2 Å². The van der Waals surface area contributed by atoms with E-state index < -0.39 is 0 Å². The first-order valence-electron chi connectivity index (χ1n) is 8.56. The minimum atomic E-state index is -0.320. The first-order valence-corrected chi connectivity index (χ1v) is 8.56. The summed E-state index contributed by atoms with van der Waals surface area (Å²) in [6, 6.07) is 13.2. The van der Waals surface area contributed by atoms with Gasteiger partial charge in [0.1, 0.15) is 11.4 Å². The van der Waals surface area contributed by atoms with Gasteiger partial charge in [0.2, 0.25) is 0 Å². The number of ether oxygens (including phenoxy) is 1. The summed E-state index contributed by atoms with van der Waals surface area (Å²) in [6.07, 6.45) is 0.